The van der Waals surface area contributed by atoms with Gasteiger partial charge in [0.15, 0.2) is 0 Å². The van der Waals surface area contributed by atoms with E-state index in [0.717, 1.165) is 4.57 Å². The van der Waals surface area contributed by atoms with Crippen molar-refractivity contribution in [2.24, 2.45) is 5.92 Å². The Morgan fingerprint density at radius 2 is 1.94 bits per heavy atom. The summed E-state index contributed by atoms with van der Waals surface area (Å²) in [4.78, 5) is 27.4. The molecule has 1 fully saturated rings. The van der Waals surface area contributed by atoms with Crippen LogP contribution in [0.25, 0.3) is 10.9 Å². The molecule has 1 aliphatic rings. The van der Waals surface area contributed by atoms with E-state index in [1.807, 2.05) is 11.9 Å². The molecule has 2 aromatic carbocycles. The fourth-order valence-corrected chi connectivity index (χ4v) is 5.60. The molecule has 2 N–H and O–H groups in total. The zero-order chi connectivity index (χ0) is 35.7. The number of amides is 1. The molecule has 3 atom stereocenters. The Morgan fingerprint density at radius 3 is 2.59 bits per heavy atom. The maximum atomic E-state index is 14.8. The number of benzene rings is 2. The lowest BCUT2D eigenvalue weighted by molar-refractivity contribution is -0.155. The summed E-state index contributed by atoms with van der Waals surface area (Å²) < 4.78 is 73.1. The third-order valence-corrected chi connectivity index (χ3v) is 8.10. The number of hydrogen-bond acceptors (Lipinski definition) is 8. The van der Waals surface area contributed by atoms with Crippen molar-refractivity contribution in [3.63, 3.8) is 0 Å². The third-order valence-electron chi connectivity index (χ3n) is 8.10. The van der Waals surface area contributed by atoms with Crippen molar-refractivity contribution in [1.29, 1.82) is 0 Å². The maximum absolute atomic E-state index is 14.8. The molecule has 0 bridgehead atoms. The van der Waals surface area contributed by atoms with Gasteiger partial charge in [0.1, 0.15) is 24.6 Å². The number of aromatic nitrogens is 1. The van der Waals surface area contributed by atoms with Crippen molar-refractivity contribution in [3.8, 4) is 17.6 Å². The predicted octanol–water partition coefficient (Wildman–Crippen LogP) is 5.31. The fraction of sp³-hybridized carbons (Fsp3) is 0.486. The fourth-order valence-electron chi connectivity index (χ4n) is 5.60. The number of alkyl halides is 4. The zero-order valence-corrected chi connectivity index (χ0v) is 28.3. The van der Waals surface area contributed by atoms with Crippen LogP contribution >= 0.6 is 0 Å². The molecule has 1 unspecified atom stereocenters. The van der Waals surface area contributed by atoms with Crippen molar-refractivity contribution in [2.45, 2.75) is 51.3 Å². The molecule has 1 aromatic heterocycles. The highest BCUT2D eigenvalue weighted by molar-refractivity contribution is 5.94. The van der Waals surface area contributed by atoms with Crippen LogP contribution in [0.5, 0.6) is 5.75 Å². The Balaban J connectivity index is 1.52. The third kappa shape index (κ3) is 10.0. The van der Waals surface area contributed by atoms with E-state index >= 15 is 0 Å². The summed E-state index contributed by atoms with van der Waals surface area (Å²) in [5.41, 5.74) is 2.07. The van der Waals surface area contributed by atoms with Crippen LogP contribution < -0.4 is 20.3 Å². The number of carbonyl (C=O) groups excluding carboxylic acids is 2. The molecule has 4 rings (SSSR count). The van der Waals surface area contributed by atoms with E-state index in [2.05, 4.69) is 22.5 Å². The average Bonchev–Trinajstić information content (AvgIpc) is 3.39. The molecule has 3 aromatic rings. The van der Waals surface area contributed by atoms with Crippen LogP contribution in [0.4, 0.5) is 34.6 Å². The number of carbonyl (C=O) groups is 2. The second-order valence-electron chi connectivity index (χ2n) is 12.3. The molecule has 1 saturated heterocycles. The van der Waals surface area contributed by atoms with Crippen LogP contribution in [0, 0.1) is 17.8 Å². The van der Waals surface area contributed by atoms with Gasteiger partial charge in [0.2, 0.25) is 6.41 Å². The van der Waals surface area contributed by atoms with E-state index < -0.39 is 37.0 Å². The number of methoxy groups -OCH3 is 2. The van der Waals surface area contributed by atoms with Crippen molar-refractivity contribution >= 4 is 40.3 Å². The number of esters is 1. The first-order valence-electron chi connectivity index (χ1n) is 15.9. The number of halogens is 4. The minimum absolute atomic E-state index is 0.0483. The van der Waals surface area contributed by atoms with E-state index in [0.29, 0.717) is 53.1 Å². The van der Waals surface area contributed by atoms with E-state index in [-0.39, 0.29) is 37.9 Å². The molecule has 266 valence electrons. The smallest absolute Gasteiger partial charge is 0.406 e. The van der Waals surface area contributed by atoms with Gasteiger partial charge in [-0.25, -0.2) is 4.39 Å². The van der Waals surface area contributed by atoms with Crippen LogP contribution in [0.3, 0.4) is 0 Å². The van der Waals surface area contributed by atoms with E-state index in [9.17, 15) is 27.2 Å². The summed E-state index contributed by atoms with van der Waals surface area (Å²) in [6, 6.07) is 11.1. The number of rotatable bonds is 14. The molecule has 0 spiro atoms. The zero-order valence-electron chi connectivity index (χ0n) is 28.3. The maximum Gasteiger partial charge on any atom is 0.406 e. The molecule has 49 heavy (non-hydrogen) atoms. The van der Waals surface area contributed by atoms with Gasteiger partial charge in [0, 0.05) is 43.0 Å². The molecule has 14 heteroatoms. The number of anilines is 3. The molecule has 0 radical (unpaired) electrons. The summed E-state index contributed by atoms with van der Waals surface area (Å²) in [6.45, 7) is 3.37. The number of hydrogen-bond donors (Lipinski definition) is 2. The lowest BCUT2D eigenvalue weighted by Crippen LogP contribution is -2.46. The van der Waals surface area contributed by atoms with Gasteiger partial charge in [-0.15, -0.1) is 0 Å². The summed E-state index contributed by atoms with van der Waals surface area (Å²) in [6.07, 6.45) is -5.13. The van der Waals surface area contributed by atoms with Gasteiger partial charge in [0.25, 0.3) is 0 Å². The number of likely N-dealkylation sites (tertiary alicyclic amines) is 1. The topological polar surface area (TPSA) is 97.3 Å². The molecular weight excluding hydrogens is 646 g/mol. The van der Waals surface area contributed by atoms with Crippen LogP contribution in [-0.4, -0.2) is 100 Å². The van der Waals surface area contributed by atoms with Crippen LogP contribution in [0.2, 0.25) is 0 Å². The lowest BCUT2D eigenvalue weighted by Gasteiger charge is -2.33. The Labute approximate surface area is 283 Å². The molecule has 1 amide bonds. The second kappa shape index (κ2) is 16.8. The Kier molecular flexibility index (Phi) is 12.8. The van der Waals surface area contributed by atoms with Gasteiger partial charge in [-0.2, -0.15) is 13.2 Å². The Morgan fingerprint density at radius 1 is 1.16 bits per heavy atom. The van der Waals surface area contributed by atoms with Gasteiger partial charge in [-0.3, -0.25) is 9.59 Å². The molecule has 2 heterocycles. The Bertz CT molecular complexity index is 1650. The molecule has 1 aliphatic heterocycles. The normalized spacial score (nSPS) is 17.3. The quantitative estimate of drug-likeness (QED) is 0.102. The SMILES string of the molecule is COCC(CN(C=O)c1ccc(NCC#Cc2cc3c(N[C@@H]4CCN(C)C[C@@H]4F)cccc3n2CC(F)(F)F)c(OC)c1)OC(=O)C(C)C. The lowest BCUT2D eigenvalue weighted by atomic mass is 10.0. The minimum atomic E-state index is -4.49. The summed E-state index contributed by atoms with van der Waals surface area (Å²) >= 11 is 0. The van der Waals surface area contributed by atoms with Gasteiger partial charge in [-0.05, 0) is 49.7 Å². The number of piperidine rings is 1. The number of nitrogens with one attached hydrogen (secondary N) is 2. The number of ether oxygens (including phenoxy) is 3. The van der Waals surface area contributed by atoms with Crippen molar-refractivity contribution in [2.75, 3.05) is 69.6 Å². The van der Waals surface area contributed by atoms with Gasteiger partial charge >= 0.3 is 12.1 Å². The molecule has 0 aliphatic carbocycles. The van der Waals surface area contributed by atoms with Crippen molar-refractivity contribution in [1.82, 2.24) is 9.47 Å². The largest absolute Gasteiger partial charge is 0.495 e. The van der Waals surface area contributed by atoms with Crippen LogP contribution in [-0.2, 0) is 25.6 Å². The number of fused-ring (bicyclic) bond motifs is 1. The first kappa shape index (κ1) is 37.3. The van der Waals surface area contributed by atoms with Crippen molar-refractivity contribution in [3.05, 3.63) is 48.2 Å². The Hall–Kier alpha value is -4.48. The van der Waals surface area contributed by atoms with Gasteiger partial charge < -0.3 is 39.2 Å². The first-order valence-corrected chi connectivity index (χ1v) is 15.9. The highest BCUT2D eigenvalue weighted by Crippen LogP contribution is 2.32. The van der Waals surface area contributed by atoms with Crippen molar-refractivity contribution < 1.29 is 41.4 Å². The van der Waals surface area contributed by atoms with E-state index in [1.54, 1.807) is 56.3 Å². The van der Waals surface area contributed by atoms with Crippen LogP contribution in [0.1, 0.15) is 26.0 Å². The first-order chi connectivity index (χ1) is 23.3. The van der Waals surface area contributed by atoms with E-state index in [1.165, 1.54) is 19.1 Å². The number of nitrogens with zero attached hydrogens (tertiary/aromatic N) is 3. The van der Waals surface area contributed by atoms with Gasteiger partial charge in [0.05, 0.1) is 55.7 Å². The van der Waals surface area contributed by atoms with Gasteiger partial charge in [-0.1, -0.05) is 25.8 Å². The highest BCUT2D eigenvalue weighted by Gasteiger charge is 2.31. The average molecular weight is 690 g/mol. The minimum Gasteiger partial charge on any atom is -0.495 e. The summed E-state index contributed by atoms with van der Waals surface area (Å²) in [5.74, 6) is 5.39. The molecule has 0 saturated carbocycles. The van der Waals surface area contributed by atoms with Crippen LogP contribution in [0.15, 0.2) is 42.5 Å². The second-order valence-corrected chi connectivity index (χ2v) is 12.3. The summed E-state index contributed by atoms with van der Waals surface area (Å²) in [7, 11) is 4.78. The molecule has 10 nitrogen and oxygen atoms in total. The monoisotopic (exact) mass is 689 g/mol. The highest BCUT2D eigenvalue weighted by atomic mass is 19.4. The predicted molar refractivity (Wildman–Crippen MR) is 181 cm³/mol. The molecular formula is C35H43F4N5O5. The summed E-state index contributed by atoms with van der Waals surface area (Å²) in [5, 5.41) is 6.86. The standard InChI is InChI=1S/C35H43F4N5O5/c1-23(2)34(46)49-26(20-47-4)18-43(22-45)24-11-12-31(33(17-24)48-5)40-14-7-8-25-16-27-29(41-30-13-15-42(3)19-28(30)36)9-6-10-32(27)44(25)21-35(37,38)39/h6,9-12,16-17,22-23,26,28,30,40-41H,13-15,18-21H2,1-5H3/t26?,28-,30+/m0/s1. The van der Waals surface area contributed by atoms with E-state index in [4.69, 9.17) is 14.2 Å².